The van der Waals surface area contributed by atoms with Gasteiger partial charge in [-0.25, -0.2) is 0 Å². The van der Waals surface area contributed by atoms with E-state index in [1.54, 1.807) is 0 Å². The fraction of sp³-hybridized carbons (Fsp3) is 0.395. The monoisotopic (exact) mass is 708 g/mol. The second-order valence-electron chi connectivity index (χ2n) is 13.8. The predicted octanol–water partition coefficient (Wildman–Crippen LogP) is 7.49. The van der Waals surface area contributed by atoms with Crippen molar-refractivity contribution in [3.8, 4) is 11.1 Å². The Morgan fingerprint density at radius 3 is 2.19 bits per heavy atom. The molecule has 0 spiro atoms. The lowest BCUT2D eigenvalue weighted by atomic mass is 9.98. The number of likely N-dealkylation sites (N-methyl/N-ethyl adjacent to an activating group) is 1. The highest BCUT2D eigenvalue weighted by atomic mass is 16.7. The van der Waals surface area contributed by atoms with Gasteiger partial charge in [0.25, 0.3) is 0 Å². The van der Waals surface area contributed by atoms with Crippen molar-refractivity contribution in [1.29, 1.82) is 0 Å². The van der Waals surface area contributed by atoms with Gasteiger partial charge in [-0.15, -0.1) is 0 Å². The largest absolute Gasteiger partial charge is 0.481 e. The molecule has 4 aromatic carbocycles. The van der Waals surface area contributed by atoms with Gasteiger partial charge in [-0.3, -0.25) is 14.5 Å². The van der Waals surface area contributed by atoms with Crippen LogP contribution in [-0.4, -0.2) is 57.8 Å². The van der Waals surface area contributed by atoms with Crippen molar-refractivity contribution in [2.75, 3.05) is 13.6 Å². The molecule has 0 aromatic heterocycles. The average molecular weight is 709 g/mol. The van der Waals surface area contributed by atoms with Gasteiger partial charge in [-0.2, -0.15) is 0 Å². The zero-order chi connectivity index (χ0) is 36.9. The van der Waals surface area contributed by atoms with E-state index in [2.05, 4.69) is 28.4 Å². The van der Waals surface area contributed by atoms with Crippen molar-refractivity contribution in [2.24, 2.45) is 0 Å². The number of aliphatic hydroxyl groups is 2. The first kappa shape index (κ1) is 38.8. The van der Waals surface area contributed by atoms with Crippen LogP contribution in [0, 0.1) is 0 Å². The number of carboxylic acid groups (broad SMARTS) is 1. The van der Waals surface area contributed by atoms with Gasteiger partial charge in [0.1, 0.15) is 0 Å². The van der Waals surface area contributed by atoms with E-state index in [1.165, 1.54) is 0 Å². The zero-order valence-corrected chi connectivity index (χ0v) is 30.2. The van der Waals surface area contributed by atoms with Crippen molar-refractivity contribution in [2.45, 2.75) is 95.7 Å². The summed E-state index contributed by atoms with van der Waals surface area (Å²) in [5.74, 6) is -0.784. The second-order valence-corrected chi connectivity index (χ2v) is 13.8. The molecule has 0 aliphatic carbocycles. The van der Waals surface area contributed by atoms with Gasteiger partial charge in [0.05, 0.1) is 24.9 Å². The molecule has 0 radical (unpaired) electrons. The average Bonchev–Trinajstić information content (AvgIpc) is 3.18. The van der Waals surface area contributed by atoms with Crippen molar-refractivity contribution in [1.82, 2.24) is 10.2 Å². The van der Waals surface area contributed by atoms with Crippen LogP contribution in [0.25, 0.3) is 11.1 Å². The highest BCUT2D eigenvalue weighted by Crippen LogP contribution is 2.39. The molecule has 1 amide bonds. The van der Waals surface area contributed by atoms with E-state index >= 15 is 0 Å². The standard InChI is InChI=1S/C43H52N2O7/c1-30(42(50)35-12-6-5-7-13-35)45(2)28-38-26-39(34-19-17-31(29-46)18-20-34)52-43(51-38)36-23-21-33(22-24-36)37-14-10-11-32(25-37)27-44-40(47)15-8-3-4-9-16-41(48)49/h5-7,10-14,17-25,30,38-39,42-43,46,50H,3-4,8-9,15-16,26-29H2,1-2H3,(H,44,47)(H,48,49). The van der Waals surface area contributed by atoms with Gasteiger partial charge >= 0.3 is 5.97 Å². The lowest BCUT2D eigenvalue weighted by molar-refractivity contribution is -0.253. The van der Waals surface area contributed by atoms with Crippen LogP contribution in [0.3, 0.4) is 0 Å². The van der Waals surface area contributed by atoms with Crippen LogP contribution in [0.5, 0.6) is 0 Å². The van der Waals surface area contributed by atoms with Crippen LogP contribution >= 0.6 is 0 Å². The maximum atomic E-state index is 12.4. The molecule has 0 saturated carbocycles. The Morgan fingerprint density at radius 1 is 0.808 bits per heavy atom. The number of unbranched alkanes of at least 4 members (excludes halogenated alkanes) is 3. The minimum Gasteiger partial charge on any atom is -0.481 e. The third-order valence-electron chi connectivity index (χ3n) is 9.88. The van der Waals surface area contributed by atoms with Crippen LogP contribution in [0.1, 0.15) is 98.2 Å². The van der Waals surface area contributed by atoms with Crippen LogP contribution < -0.4 is 5.32 Å². The number of carbonyl (C=O) groups is 2. The third kappa shape index (κ3) is 11.3. The smallest absolute Gasteiger partial charge is 0.303 e. The zero-order valence-electron chi connectivity index (χ0n) is 30.2. The molecule has 9 nitrogen and oxygen atoms in total. The van der Waals surface area contributed by atoms with E-state index in [9.17, 15) is 19.8 Å². The first-order valence-corrected chi connectivity index (χ1v) is 18.3. The number of aliphatic carboxylic acids is 1. The normalized spacial score (nSPS) is 18.5. The molecule has 9 heteroatoms. The molecule has 276 valence electrons. The summed E-state index contributed by atoms with van der Waals surface area (Å²) >= 11 is 0. The number of rotatable bonds is 18. The summed E-state index contributed by atoms with van der Waals surface area (Å²) in [5.41, 5.74) is 6.71. The Balaban J connectivity index is 1.22. The highest BCUT2D eigenvalue weighted by Gasteiger charge is 2.34. The third-order valence-corrected chi connectivity index (χ3v) is 9.88. The number of nitrogens with one attached hydrogen (secondary N) is 1. The van der Waals surface area contributed by atoms with E-state index in [0.717, 1.165) is 58.2 Å². The van der Waals surface area contributed by atoms with E-state index < -0.39 is 18.4 Å². The number of carboxylic acids is 1. The Hall–Kier alpha value is -4.38. The molecular weight excluding hydrogens is 656 g/mol. The molecule has 0 bridgehead atoms. The summed E-state index contributed by atoms with van der Waals surface area (Å²) in [6, 6.07) is 33.7. The Bertz CT molecular complexity index is 1700. The van der Waals surface area contributed by atoms with E-state index in [0.29, 0.717) is 32.4 Å². The fourth-order valence-electron chi connectivity index (χ4n) is 6.59. The van der Waals surface area contributed by atoms with Crippen LogP contribution in [-0.2, 0) is 32.2 Å². The molecule has 1 aliphatic heterocycles. The van der Waals surface area contributed by atoms with Gasteiger partial charge in [0.15, 0.2) is 6.29 Å². The summed E-state index contributed by atoms with van der Waals surface area (Å²) < 4.78 is 13.2. The molecule has 4 aromatic rings. The summed E-state index contributed by atoms with van der Waals surface area (Å²) in [6.45, 7) is 3.04. The Kier molecular flexibility index (Phi) is 14.5. The molecule has 5 rings (SSSR count). The minimum atomic E-state index is -0.778. The number of benzene rings is 4. The maximum absolute atomic E-state index is 12.4. The molecule has 1 aliphatic rings. The molecule has 1 fully saturated rings. The van der Waals surface area contributed by atoms with E-state index in [1.807, 2.05) is 98.9 Å². The predicted molar refractivity (Wildman–Crippen MR) is 201 cm³/mol. The quantitative estimate of drug-likeness (QED) is 0.0784. The van der Waals surface area contributed by atoms with Gasteiger partial charge in [0, 0.05) is 44.0 Å². The number of amides is 1. The van der Waals surface area contributed by atoms with Crippen molar-refractivity contribution in [3.05, 3.63) is 131 Å². The van der Waals surface area contributed by atoms with Gasteiger partial charge in [0.2, 0.25) is 5.91 Å². The van der Waals surface area contributed by atoms with Gasteiger partial charge in [-0.05, 0) is 66.3 Å². The Labute approximate surface area is 307 Å². The van der Waals surface area contributed by atoms with Gasteiger partial charge < -0.3 is 30.1 Å². The molecular formula is C43H52N2O7. The maximum Gasteiger partial charge on any atom is 0.303 e. The van der Waals surface area contributed by atoms with Crippen molar-refractivity contribution >= 4 is 11.9 Å². The van der Waals surface area contributed by atoms with Crippen LogP contribution in [0.4, 0.5) is 0 Å². The lowest BCUT2D eigenvalue weighted by Gasteiger charge is -2.39. The molecule has 5 atom stereocenters. The van der Waals surface area contributed by atoms with E-state index in [4.69, 9.17) is 14.6 Å². The molecule has 1 saturated heterocycles. The summed E-state index contributed by atoms with van der Waals surface area (Å²) in [4.78, 5) is 25.2. The molecule has 5 unspecified atom stereocenters. The molecule has 4 N–H and O–H groups in total. The molecule has 52 heavy (non-hydrogen) atoms. The summed E-state index contributed by atoms with van der Waals surface area (Å²) in [7, 11) is 2.01. The second kappa shape index (κ2) is 19.5. The van der Waals surface area contributed by atoms with Gasteiger partial charge in [-0.1, -0.05) is 110 Å². The minimum absolute atomic E-state index is 0.00514. The topological polar surface area (TPSA) is 129 Å². The number of carbonyl (C=O) groups excluding carboxylic acids is 1. The first-order valence-electron chi connectivity index (χ1n) is 18.3. The SMILES string of the molecule is CC(C(O)c1ccccc1)N(C)CC1CC(c2ccc(CO)cc2)OC(c2ccc(-c3cccc(CNC(=O)CCCCCCC(=O)O)c3)cc2)O1. The number of hydrogen-bond acceptors (Lipinski definition) is 7. The first-order chi connectivity index (χ1) is 25.2. The van der Waals surface area contributed by atoms with Crippen LogP contribution in [0.15, 0.2) is 103 Å². The number of aliphatic hydroxyl groups excluding tert-OH is 2. The van der Waals surface area contributed by atoms with Crippen molar-refractivity contribution in [3.63, 3.8) is 0 Å². The number of hydrogen-bond donors (Lipinski definition) is 4. The highest BCUT2D eigenvalue weighted by molar-refractivity contribution is 5.76. The van der Waals surface area contributed by atoms with E-state index in [-0.39, 0.29) is 37.2 Å². The number of nitrogens with zero attached hydrogens (tertiary/aromatic N) is 1. The Morgan fingerprint density at radius 2 is 1.50 bits per heavy atom. The molecule has 1 heterocycles. The fourth-order valence-corrected chi connectivity index (χ4v) is 6.59. The summed E-state index contributed by atoms with van der Waals surface area (Å²) in [6.07, 6.45) is 2.67. The summed E-state index contributed by atoms with van der Waals surface area (Å²) in [5, 5.41) is 32.4. The van der Waals surface area contributed by atoms with Crippen LogP contribution in [0.2, 0.25) is 0 Å². The lowest BCUT2D eigenvalue weighted by Crippen LogP contribution is -2.43. The number of ether oxygens (including phenoxy) is 2. The van der Waals surface area contributed by atoms with Crippen molar-refractivity contribution < 1.29 is 34.4 Å².